The van der Waals surface area contributed by atoms with E-state index in [9.17, 15) is 32.3 Å². The van der Waals surface area contributed by atoms with Gasteiger partial charge in [-0.15, -0.1) is 0 Å². The Hall–Kier alpha value is -3.69. The molecular formula is C18H11F3N2O5. The lowest BCUT2D eigenvalue weighted by atomic mass is 10.1. The number of carbonyl (C=O) groups excluding carboxylic acids is 4. The van der Waals surface area contributed by atoms with Gasteiger partial charge in [0.2, 0.25) is 0 Å². The van der Waals surface area contributed by atoms with E-state index in [1.165, 1.54) is 12.1 Å². The number of nitrogens with one attached hydrogen (secondary N) is 1. The second-order valence-electron chi connectivity index (χ2n) is 5.67. The summed E-state index contributed by atoms with van der Waals surface area (Å²) in [7, 11) is 0. The second-order valence-corrected chi connectivity index (χ2v) is 5.67. The van der Waals surface area contributed by atoms with Gasteiger partial charge in [-0.25, -0.2) is 13.2 Å². The molecule has 10 heteroatoms. The SMILES string of the molecule is O=C(COC(=O)CN1C(=O)C(=O)c2ccccc21)Nc1ccc(F)c(F)c1F. The van der Waals surface area contributed by atoms with E-state index in [4.69, 9.17) is 0 Å². The second kappa shape index (κ2) is 7.51. The minimum absolute atomic E-state index is 0.145. The average molecular weight is 392 g/mol. The highest BCUT2D eigenvalue weighted by molar-refractivity contribution is 6.52. The van der Waals surface area contributed by atoms with Gasteiger partial charge < -0.3 is 10.1 Å². The van der Waals surface area contributed by atoms with Crippen molar-refractivity contribution in [1.82, 2.24) is 0 Å². The van der Waals surface area contributed by atoms with Crippen LogP contribution in [0, 0.1) is 17.5 Å². The lowest BCUT2D eigenvalue weighted by Crippen LogP contribution is -2.36. The van der Waals surface area contributed by atoms with Gasteiger partial charge in [-0.2, -0.15) is 0 Å². The van der Waals surface area contributed by atoms with Crippen LogP contribution in [0.2, 0.25) is 0 Å². The molecule has 2 aromatic rings. The third-order valence-electron chi connectivity index (χ3n) is 3.84. The van der Waals surface area contributed by atoms with E-state index in [1.54, 1.807) is 12.1 Å². The van der Waals surface area contributed by atoms with Crippen molar-refractivity contribution in [2.45, 2.75) is 0 Å². The summed E-state index contributed by atoms with van der Waals surface area (Å²) in [5, 5.41) is 1.93. The number of amides is 2. The van der Waals surface area contributed by atoms with E-state index in [-0.39, 0.29) is 11.3 Å². The van der Waals surface area contributed by atoms with Crippen LogP contribution in [0.1, 0.15) is 10.4 Å². The zero-order valence-electron chi connectivity index (χ0n) is 14.0. The van der Waals surface area contributed by atoms with E-state index in [0.29, 0.717) is 6.07 Å². The standard InChI is InChI=1S/C18H11F3N2O5/c19-10-5-6-11(16(21)15(10)20)22-13(24)8-28-14(25)7-23-12-4-2-1-3-9(12)17(26)18(23)27/h1-6H,7-8H2,(H,22,24). The molecule has 1 N–H and O–H groups in total. The number of fused-ring (bicyclic) bond motifs is 1. The van der Waals surface area contributed by atoms with Crippen LogP contribution in [0.25, 0.3) is 0 Å². The Morgan fingerprint density at radius 2 is 1.71 bits per heavy atom. The molecule has 0 radical (unpaired) electrons. The molecule has 0 fully saturated rings. The first-order valence-corrected chi connectivity index (χ1v) is 7.83. The predicted molar refractivity (Wildman–Crippen MR) is 89.0 cm³/mol. The van der Waals surface area contributed by atoms with Crippen molar-refractivity contribution < 1.29 is 37.1 Å². The van der Waals surface area contributed by atoms with Crippen molar-refractivity contribution in [2.75, 3.05) is 23.4 Å². The molecule has 0 saturated carbocycles. The molecule has 144 valence electrons. The molecule has 1 aliphatic rings. The Balaban J connectivity index is 1.58. The molecule has 1 aliphatic heterocycles. The van der Waals surface area contributed by atoms with Crippen LogP contribution in [0.5, 0.6) is 0 Å². The van der Waals surface area contributed by atoms with Crippen molar-refractivity contribution in [3.63, 3.8) is 0 Å². The minimum atomic E-state index is -1.76. The Bertz CT molecular complexity index is 1010. The fourth-order valence-corrected chi connectivity index (χ4v) is 2.53. The van der Waals surface area contributed by atoms with Gasteiger partial charge in [0.1, 0.15) is 6.54 Å². The first-order valence-electron chi connectivity index (χ1n) is 7.83. The van der Waals surface area contributed by atoms with Crippen LogP contribution >= 0.6 is 0 Å². The van der Waals surface area contributed by atoms with Crippen molar-refractivity contribution in [1.29, 1.82) is 0 Å². The third kappa shape index (κ3) is 3.56. The number of halogens is 3. The number of Topliss-reactive ketones (excluding diaryl/α,β-unsaturated/α-hetero) is 1. The summed E-state index contributed by atoms with van der Waals surface area (Å²) < 4.78 is 44.2. The summed E-state index contributed by atoms with van der Waals surface area (Å²) in [5.74, 6) is -8.47. The van der Waals surface area contributed by atoms with Crippen LogP contribution in [0.4, 0.5) is 24.5 Å². The topological polar surface area (TPSA) is 92.8 Å². The summed E-state index contributed by atoms with van der Waals surface area (Å²) in [5.41, 5.74) is -0.246. The number of anilines is 2. The Labute approximate surface area is 155 Å². The largest absolute Gasteiger partial charge is 0.454 e. The average Bonchev–Trinajstić information content (AvgIpc) is 2.92. The molecule has 0 atom stereocenters. The van der Waals surface area contributed by atoms with Gasteiger partial charge in [-0.1, -0.05) is 12.1 Å². The summed E-state index contributed by atoms with van der Waals surface area (Å²) in [6.45, 7) is -1.48. The number of carbonyl (C=O) groups is 4. The number of ketones is 1. The molecule has 2 amide bonds. The number of esters is 1. The highest BCUT2D eigenvalue weighted by atomic mass is 19.2. The van der Waals surface area contributed by atoms with E-state index in [0.717, 1.165) is 11.0 Å². The van der Waals surface area contributed by atoms with E-state index < -0.39 is 59.9 Å². The van der Waals surface area contributed by atoms with Gasteiger partial charge in [0.15, 0.2) is 24.1 Å². The Morgan fingerprint density at radius 1 is 1.00 bits per heavy atom. The van der Waals surface area contributed by atoms with Gasteiger partial charge in [-0.05, 0) is 24.3 Å². The van der Waals surface area contributed by atoms with Crippen LogP contribution in [0.15, 0.2) is 36.4 Å². The first kappa shape index (κ1) is 19.1. The van der Waals surface area contributed by atoms with Crippen LogP contribution in [-0.2, 0) is 19.1 Å². The summed E-state index contributed by atoms with van der Waals surface area (Å²) in [6, 6.07) is 7.47. The highest BCUT2D eigenvalue weighted by Crippen LogP contribution is 2.28. The number of hydrogen-bond donors (Lipinski definition) is 1. The third-order valence-corrected chi connectivity index (χ3v) is 3.84. The van der Waals surface area contributed by atoms with Crippen molar-refractivity contribution in [3.05, 3.63) is 59.4 Å². The fraction of sp³-hybridized carbons (Fsp3) is 0.111. The van der Waals surface area contributed by atoms with Crippen molar-refractivity contribution >= 4 is 34.9 Å². The zero-order chi connectivity index (χ0) is 20.4. The number of hydrogen-bond acceptors (Lipinski definition) is 5. The van der Waals surface area contributed by atoms with Crippen molar-refractivity contribution in [3.8, 4) is 0 Å². The van der Waals surface area contributed by atoms with Gasteiger partial charge in [0.25, 0.3) is 17.6 Å². The number of nitrogens with zero attached hydrogens (tertiary/aromatic N) is 1. The maximum absolute atomic E-state index is 13.5. The lowest BCUT2D eigenvalue weighted by molar-refractivity contribution is -0.146. The molecule has 0 saturated heterocycles. The molecule has 0 bridgehead atoms. The zero-order valence-corrected chi connectivity index (χ0v) is 14.0. The van der Waals surface area contributed by atoms with E-state index in [2.05, 4.69) is 4.74 Å². The van der Waals surface area contributed by atoms with Gasteiger partial charge >= 0.3 is 5.97 Å². The fourth-order valence-electron chi connectivity index (χ4n) is 2.53. The molecule has 1 heterocycles. The monoisotopic (exact) mass is 392 g/mol. The summed E-state index contributed by atoms with van der Waals surface area (Å²) in [6.07, 6.45) is 0. The number of ether oxygens (including phenoxy) is 1. The molecule has 3 rings (SSSR count). The molecule has 0 aromatic heterocycles. The lowest BCUT2D eigenvalue weighted by Gasteiger charge is -2.15. The molecule has 28 heavy (non-hydrogen) atoms. The predicted octanol–water partition coefficient (Wildman–Crippen LogP) is 1.82. The van der Waals surface area contributed by atoms with Gasteiger partial charge in [0, 0.05) is 0 Å². The minimum Gasteiger partial charge on any atom is -0.454 e. The molecule has 0 aliphatic carbocycles. The maximum Gasteiger partial charge on any atom is 0.326 e. The molecular weight excluding hydrogens is 381 g/mol. The molecule has 0 spiro atoms. The smallest absolute Gasteiger partial charge is 0.326 e. The number of para-hydroxylation sites is 1. The molecule has 2 aromatic carbocycles. The Kier molecular flexibility index (Phi) is 5.12. The van der Waals surface area contributed by atoms with Crippen LogP contribution in [0.3, 0.4) is 0 Å². The first-order chi connectivity index (χ1) is 13.3. The maximum atomic E-state index is 13.5. The van der Waals surface area contributed by atoms with E-state index in [1.807, 2.05) is 5.32 Å². The molecule has 7 nitrogen and oxygen atoms in total. The highest BCUT2D eigenvalue weighted by Gasteiger charge is 2.36. The molecule has 0 unspecified atom stereocenters. The van der Waals surface area contributed by atoms with Gasteiger partial charge in [-0.3, -0.25) is 24.1 Å². The van der Waals surface area contributed by atoms with Gasteiger partial charge in [0.05, 0.1) is 16.9 Å². The quantitative estimate of drug-likeness (QED) is 0.476. The van der Waals surface area contributed by atoms with Crippen molar-refractivity contribution in [2.24, 2.45) is 0 Å². The summed E-state index contributed by atoms with van der Waals surface area (Å²) >= 11 is 0. The van der Waals surface area contributed by atoms with Crippen LogP contribution < -0.4 is 10.2 Å². The number of rotatable bonds is 5. The number of benzene rings is 2. The van der Waals surface area contributed by atoms with E-state index >= 15 is 0 Å². The normalized spacial score (nSPS) is 12.8. The van der Waals surface area contributed by atoms with Crippen LogP contribution in [-0.4, -0.2) is 36.7 Å². The Morgan fingerprint density at radius 3 is 2.46 bits per heavy atom. The summed E-state index contributed by atoms with van der Waals surface area (Å²) in [4.78, 5) is 48.3.